The van der Waals surface area contributed by atoms with Crippen LogP contribution < -0.4 is 10.6 Å². The van der Waals surface area contributed by atoms with Crippen molar-refractivity contribution in [1.82, 2.24) is 25.1 Å². The molecule has 0 saturated carbocycles. The average Bonchev–Trinajstić information content (AvgIpc) is 3.33. The molecule has 0 aliphatic heterocycles. The zero-order valence-corrected chi connectivity index (χ0v) is 22.0. The van der Waals surface area contributed by atoms with Crippen LogP contribution in [0.3, 0.4) is 0 Å². The topological polar surface area (TPSA) is 115 Å². The predicted molar refractivity (Wildman–Crippen MR) is 142 cm³/mol. The van der Waals surface area contributed by atoms with Crippen molar-refractivity contribution in [2.75, 3.05) is 23.8 Å². The summed E-state index contributed by atoms with van der Waals surface area (Å²) in [7, 11) is 0. The molecule has 0 fully saturated rings. The molecule has 0 bridgehead atoms. The van der Waals surface area contributed by atoms with Gasteiger partial charge in [-0.15, -0.1) is 10.2 Å². The van der Waals surface area contributed by atoms with Crippen LogP contribution in [0.2, 0.25) is 5.02 Å². The lowest BCUT2D eigenvalue weighted by Gasteiger charge is -2.26. The SMILES string of the molecule is CCOC(=O)CCc1nnc(CNc2nc(NCC(C)(C)c3ccc(Cl)cc3)nc3cccnc23)s1. The monoisotopic (exact) mass is 525 g/mol. The minimum atomic E-state index is -0.231. The fourth-order valence-corrected chi connectivity index (χ4v) is 4.44. The number of pyridine rings is 1. The van der Waals surface area contributed by atoms with E-state index in [9.17, 15) is 4.79 Å². The van der Waals surface area contributed by atoms with Crippen molar-refractivity contribution in [1.29, 1.82) is 0 Å². The van der Waals surface area contributed by atoms with E-state index in [-0.39, 0.29) is 17.8 Å². The maximum atomic E-state index is 11.6. The van der Waals surface area contributed by atoms with Gasteiger partial charge in [0.15, 0.2) is 5.82 Å². The van der Waals surface area contributed by atoms with Gasteiger partial charge in [0.2, 0.25) is 5.95 Å². The number of aromatic nitrogens is 5. The van der Waals surface area contributed by atoms with Gasteiger partial charge in [0.05, 0.1) is 25.1 Å². The van der Waals surface area contributed by atoms with Crippen LogP contribution in [-0.4, -0.2) is 44.3 Å². The molecule has 0 radical (unpaired) electrons. The molecule has 3 aromatic heterocycles. The van der Waals surface area contributed by atoms with Crippen LogP contribution in [0.25, 0.3) is 11.0 Å². The first kappa shape index (κ1) is 25.7. The molecule has 0 aliphatic carbocycles. The molecule has 0 atom stereocenters. The molecule has 36 heavy (non-hydrogen) atoms. The maximum Gasteiger partial charge on any atom is 0.306 e. The maximum absolute atomic E-state index is 11.6. The van der Waals surface area contributed by atoms with E-state index >= 15 is 0 Å². The summed E-state index contributed by atoms with van der Waals surface area (Å²) in [5.74, 6) is 0.883. The highest BCUT2D eigenvalue weighted by Gasteiger charge is 2.21. The number of hydrogen-bond donors (Lipinski definition) is 2. The number of carbonyl (C=O) groups is 1. The first-order valence-corrected chi connectivity index (χ1v) is 12.9. The Morgan fingerprint density at radius 2 is 1.86 bits per heavy atom. The second-order valence-corrected chi connectivity index (χ2v) is 10.3. The zero-order valence-electron chi connectivity index (χ0n) is 20.4. The number of carbonyl (C=O) groups excluding carboxylic acids is 1. The largest absolute Gasteiger partial charge is 0.466 e. The zero-order chi connectivity index (χ0) is 25.5. The van der Waals surface area contributed by atoms with Gasteiger partial charge in [-0.25, -0.2) is 4.98 Å². The summed E-state index contributed by atoms with van der Waals surface area (Å²) >= 11 is 7.50. The van der Waals surface area contributed by atoms with Crippen LogP contribution in [-0.2, 0) is 27.9 Å². The van der Waals surface area contributed by atoms with Crippen LogP contribution in [0.1, 0.15) is 42.8 Å². The fourth-order valence-electron chi connectivity index (χ4n) is 3.54. The third-order valence-electron chi connectivity index (χ3n) is 5.53. The van der Waals surface area contributed by atoms with E-state index in [2.05, 4.69) is 44.6 Å². The molecule has 4 aromatic rings. The molecule has 11 heteroatoms. The molecule has 188 valence electrons. The number of hydrogen-bond acceptors (Lipinski definition) is 10. The lowest BCUT2D eigenvalue weighted by molar-refractivity contribution is -0.143. The second-order valence-electron chi connectivity index (χ2n) is 8.76. The molecule has 4 rings (SSSR count). The molecule has 0 amide bonds. The van der Waals surface area contributed by atoms with Crippen LogP contribution in [0.5, 0.6) is 0 Å². The van der Waals surface area contributed by atoms with E-state index in [1.807, 2.05) is 36.4 Å². The van der Waals surface area contributed by atoms with Gasteiger partial charge in [0.25, 0.3) is 0 Å². The number of benzene rings is 1. The van der Waals surface area contributed by atoms with Gasteiger partial charge in [-0.2, -0.15) is 4.98 Å². The van der Waals surface area contributed by atoms with E-state index < -0.39 is 0 Å². The quantitative estimate of drug-likeness (QED) is 0.260. The highest BCUT2D eigenvalue weighted by Crippen LogP contribution is 2.26. The van der Waals surface area contributed by atoms with Crippen molar-refractivity contribution in [2.24, 2.45) is 0 Å². The Bertz CT molecular complexity index is 1330. The van der Waals surface area contributed by atoms with Crippen molar-refractivity contribution < 1.29 is 9.53 Å². The Kier molecular flexibility index (Phi) is 8.27. The summed E-state index contributed by atoms with van der Waals surface area (Å²) in [5.41, 5.74) is 2.40. The van der Waals surface area contributed by atoms with Crippen LogP contribution in [0, 0.1) is 0 Å². The predicted octanol–water partition coefficient (Wildman–Crippen LogP) is 5.03. The average molecular weight is 526 g/mol. The van der Waals surface area contributed by atoms with E-state index in [1.165, 1.54) is 11.3 Å². The van der Waals surface area contributed by atoms with Crippen LogP contribution in [0.4, 0.5) is 11.8 Å². The Hall–Kier alpha value is -3.37. The Labute approximate surface area is 218 Å². The number of aryl methyl sites for hydroxylation is 1. The Morgan fingerprint density at radius 1 is 1.08 bits per heavy atom. The van der Waals surface area contributed by atoms with Gasteiger partial charge in [-0.05, 0) is 36.8 Å². The summed E-state index contributed by atoms with van der Waals surface area (Å²) in [6, 6.07) is 11.6. The molecule has 0 saturated heterocycles. The first-order chi connectivity index (χ1) is 17.3. The molecule has 3 heterocycles. The molecule has 0 spiro atoms. The number of anilines is 2. The minimum Gasteiger partial charge on any atom is -0.466 e. The van der Waals surface area contributed by atoms with E-state index in [1.54, 1.807) is 13.1 Å². The third kappa shape index (κ3) is 6.64. The molecule has 9 nitrogen and oxygen atoms in total. The summed E-state index contributed by atoms with van der Waals surface area (Å²) in [4.78, 5) is 25.4. The summed E-state index contributed by atoms with van der Waals surface area (Å²) in [5, 5.41) is 17.4. The molecule has 2 N–H and O–H groups in total. The smallest absolute Gasteiger partial charge is 0.306 e. The van der Waals surface area contributed by atoms with Gasteiger partial charge in [-0.3, -0.25) is 9.78 Å². The van der Waals surface area contributed by atoms with Crippen molar-refractivity contribution >= 4 is 51.7 Å². The van der Waals surface area contributed by atoms with Crippen LogP contribution in [0.15, 0.2) is 42.6 Å². The van der Waals surface area contributed by atoms with Gasteiger partial charge in [0, 0.05) is 29.6 Å². The van der Waals surface area contributed by atoms with E-state index in [4.69, 9.17) is 21.3 Å². The van der Waals surface area contributed by atoms with Crippen LogP contribution >= 0.6 is 22.9 Å². The third-order valence-corrected chi connectivity index (χ3v) is 6.77. The molecular weight excluding hydrogens is 498 g/mol. The first-order valence-electron chi connectivity index (χ1n) is 11.7. The standard InChI is InChI=1S/C25H28ClN7O2S/c1-4-35-21(34)12-11-19-32-33-20(36-19)14-28-23-22-18(6-5-13-27-22)30-24(31-23)29-15-25(2,3)16-7-9-17(26)10-8-16/h5-10,13H,4,11-12,14-15H2,1-3H3,(H2,28,29,30,31). The number of esters is 1. The summed E-state index contributed by atoms with van der Waals surface area (Å²) in [6.45, 7) is 7.52. The minimum absolute atomic E-state index is 0.169. The highest BCUT2D eigenvalue weighted by atomic mass is 35.5. The van der Waals surface area contributed by atoms with Gasteiger partial charge in [0.1, 0.15) is 15.5 Å². The van der Waals surface area contributed by atoms with Crippen molar-refractivity contribution in [3.8, 4) is 0 Å². The second kappa shape index (κ2) is 11.6. The van der Waals surface area contributed by atoms with Gasteiger partial charge >= 0.3 is 5.97 Å². The number of nitrogens with zero attached hydrogens (tertiary/aromatic N) is 5. The number of rotatable bonds is 11. The molecule has 0 aliphatic rings. The number of nitrogens with one attached hydrogen (secondary N) is 2. The normalized spacial score (nSPS) is 11.4. The number of fused-ring (bicyclic) bond motifs is 1. The highest BCUT2D eigenvalue weighted by molar-refractivity contribution is 7.11. The lowest BCUT2D eigenvalue weighted by atomic mass is 9.85. The molecule has 0 unspecified atom stereocenters. The van der Waals surface area contributed by atoms with Crippen molar-refractivity contribution in [2.45, 2.75) is 45.6 Å². The van der Waals surface area contributed by atoms with Crippen molar-refractivity contribution in [3.05, 3.63) is 63.2 Å². The van der Waals surface area contributed by atoms with Gasteiger partial charge < -0.3 is 15.4 Å². The van der Waals surface area contributed by atoms with E-state index in [0.717, 1.165) is 21.1 Å². The van der Waals surface area contributed by atoms with Crippen molar-refractivity contribution in [3.63, 3.8) is 0 Å². The van der Waals surface area contributed by atoms with E-state index in [0.29, 0.717) is 48.4 Å². The Morgan fingerprint density at radius 3 is 2.64 bits per heavy atom. The fraction of sp³-hybridized carbons (Fsp3) is 0.360. The molecule has 1 aromatic carbocycles. The summed E-state index contributed by atoms with van der Waals surface area (Å²) < 4.78 is 4.97. The van der Waals surface area contributed by atoms with Gasteiger partial charge in [-0.1, -0.05) is 48.9 Å². The Balaban J connectivity index is 1.45. The lowest BCUT2D eigenvalue weighted by Crippen LogP contribution is -2.28. The molecular formula is C25H28ClN7O2S. The summed E-state index contributed by atoms with van der Waals surface area (Å²) in [6.07, 6.45) is 2.51. The number of ether oxygens (including phenoxy) is 1. The number of halogens is 1.